The second-order valence-electron chi connectivity index (χ2n) is 4.83. The molecular formula is C13H20ClN3O4S. The van der Waals surface area contributed by atoms with Crippen molar-refractivity contribution in [1.29, 1.82) is 0 Å². The molecule has 2 amide bonds. The standard InChI is InChI=1S/C13H19N3O4S.ClH/c1-21(18,19)16-9-7-15(8-10-16)13(17)14-20-11-12-5-3-2-4-6-12;/h2-6H,7-11H2,1H3,(H,14,17);1H. The molecule has 1 N–H and O–H groups in total. The molecule has 1 aromatic carbocycles. The van der Waals surface area contributed by atoms with Gasteiger partial charge >= 0.3 is 6.03 Å². The van der Waals surface area contributed by atoms with Crippen LogP contribution in [0.5, 0.6) is 0 Å². The lowest BCUT2D eigenvalue weighted by Gasteiger charge is -2.32. The van der Waals surface area contributed by atoms with Gasteiger partial charge in [-0.05, 0) is 5.56 Å². The Morgan fingerprint density at radius 3 is 2.32 bits per heavy atom. The van der Waals surface area contributed by atoms with Gasteiger partial charge in [0.05, 0.1) is 12.9 Å². The Kier molecular flexibility index (Phi) is 7.08. The van der Waals surface area contributed by atoms with Gasteiger partial charge in [0, 0.05) is 26.2 Å². The van der Waals surface area contributed by atoms with Gasteiger partial charge in [0.2, 0.25) is 10.0 Å². The molecule has 9 heteroatoms. The van der Waals surface area contributed by atoms with Gasteiger partial charge in [-0.3, -0.25) is 4.84 Å². The summed E-state index contributed by atoms with van der Waals surface area (Å²) >= 11 is 0. The summed E-state index contributed by atoms with van der Waals surface area (Å²) in [4.78, 5) is 18.6. The largest absolute Gasteiger partial charge is 0.341 e. The SMILES string of the molecule is CS(=O)(=O)N1CCN(C(=O)NOCc2ccccc2)CC1.Cl. The Balaban J connectivity index is 0.00000242. The molecule has 7 nitrogen and oxygen atoms in total. The molecule has 0 aliphatic carbocycles. The molecule has 0 spiro atoms. The minimum Gasteiger partial charge on any atom is -0.320 e. The van der Waals surface area contributed by atoms with E-state index in [1.54, 1.807) is 0 Å². The lowest BCUT2D eigenvalue weighted by Crippen LogP contribution is -2.52. The highest BCUT2D eigenvalue weighted by atomic mass is 35.5. The molecule has 1 heterocycles. The number of piperazine rings is 1. The molecule has 0 bridgehead atoms. The highest BCUT2D eigenvalue weighted by Crippen LogP contribution is 2.06. The number of hydroxylamine groups is 1. The summed E-state index contributed by atoms with van der Waals surface area (Å²) in [6, 6.07) is 9.15. The number of amides is 2. The third-order valence-electron chi connectivity index (χ3n) is 3.24. The fourth-order valence-electron chi connectivity index (χ4n) is 2.04. The van der Waals surface area contributed by atoms with Crippen molar-refractivity contribution in [3.8, 4) is 0 Å². The Morgan fingerprint density at radius 2 is 1.77 bits per heavy atom. The topological polar surface area (TPSA) is 79.0 Å². The van der Waals surface area contributed by atoms with Gasteiger partial charge in [-0.2, -0.15) is 4.31 Å². The van der Waals surface area contributed by atoms with Gasteiger partial charge in [-0.25, -0.2) is 18.7 Å². The molecule has 2 rings (SSSR count). The molecule has 1 aliphatic heterocycles. The zero-order valence-corrected chi connectivity index (χ0v) is 13.9. The molecule has 0 radical (unpaired) electrons. The average Bonchev–Trinajstić information content (AvgIpc) is 2.47. The minimum absolute atomic E-state index is 0. The second-order valence-corrected chi connectivity index (χ2v) is 6.81. The van der Waals surface area contributed by atoms with E-state index in [4.69, 9.17) is 4.84 Å². The molecule has 0 atom stereocenters. The van der Waals surface area contributed by atoms with Crippen molar-refractivity contribution in [2.75, 3.05) is 32.4 Å². The first-order valence-electron chi connectivity index (χ1n) is 6.62. The van der Waals surface area contributed by atoms with Crippen LogP contribution in [-0.2, 0) is 21.5 Å². The first kappa shape index (κ1) is 18.7. The van der Waals surface area contributed by atoms with Gasteiger partial charge in [-0.1, -0.05) is 30.3 Å². The summed E-state index contributed by atoms with van der Waals surface area (Å²) < 4.78 is 24.1. The predicted molar refractivity (Wildman–Crippen MR) is 85.0 cm³/mol. The number of halogens is 1. The van der Waals surface area contributed by atoms with E-state index in [2.05, 4.69) is 5.48 Å². The number of rotatable bonds is 4. The molecule has 1 fully saturated rings. The summed E-state index contributed by atoms with van der Waals surface area (Å²) in [5, 5.41) is 0. The van der Waals surface area contributed by atoms with Gasteiger partial charge in [0.15, 0.2) is 0 Å². The third kappa shape index (κ3) is 5.45. The molecule has 1 saturated heterocycles. The first-order valence-corrected chi connectivity index (χ1v) is 8.47. The van der Waals surface area contributed by atoms with Crippen LogP contribution in [0.1, 0.15) is 5.56 Å². The number of benzene rings is 1. The minimum atomic E-state index is -3.18. The van der Waals surface area contributed by atoms with E-state index >= 15 is 0 Å². The van der Waals surface area contributed by atoms with E-state index in [1.807, 2.05) is 30.3 Å². The predicted octanol–water partition coefficient (Wildman–Crippen LogP) is 0.827. The molecule has 0 saturated carbocycles. The van der Waals surface area contributed by atoms with Crippen molar-refractivity contribution in [2.24, 2.45) is 0 Å². The fraction of sp³-hybridized carbons (Fsp3) is 0.462. The van der Waals surface area contributed by atoms with Gasteiger partial charge in [0.1, 0.15) is 0 Å². The second kappa shape index (κ2) is 8.33. The van der Waals surface area contributed by atoms with Crippen LogP contribution < -0.4 is 5.48 Å². The molecule has 1 aliphatic rings. The van der Waals surface area contributed by atoms with Crippen molar-refractivity contribution in [3.63, 3.8) is 0 Å². The number of nitrogens with one attached hydrogen (secondary N) is 1. The third-order valence-corrected chi connectivity index (χ3v) is 4.54. The number of hydrogen-bond donors (Lipinski definition) is 1. The smallest absolute Gasteiger partial charge is 0.320 e. The van der Waals surface area contributed by atoms with Gasteiger partial charge < -0.3 is 4.90 Å². The number of urea groups is 1. The summed E-state index contributed by atoms with van der Waals surface area (Å²) in [5.74, 6) is 0. The Hall–Kier alpha value is -1.35. The molecule has 0 unspecified atom stereocenters. The van der Waals surface area contributed by atoms with Crippen molar-refractivity contribution < 1.29 is 18.0 Å². The number of sulfonamides is 1. The van der Waals surface area contributed by atoms with Crippen LogP contribution in [-0.4, -0.2) is 56.1 Å². The Labute approximate surface area is 136 Å². The summed E-state index contributed by atoms with van der Waals surface area (Å²) in [5.41, 5.74) is 3.33. The summed E-state index contributed by atoms with van der Waals surface area (Å²) in [6.07, 6.45) is 1.17. The van der Waals surface area contributed by atoms with Gasteiger partial charge in [0.25, 0.3) is 0 Å². The van der Waals surface area contributed by atoms with E-state index in [9.17, 15) is 13.2 Å². The van der Waals surface area contributed by atoms with Crippen molar-refractivity contribution >= 4 is 28.5 Å². The van der Waals surface area contributed by atoms with Gasteiger partial charge in [-0.15, -0.1) is 12.4 Å². The van der Waals surface area contributed by atoms with E-state index in [0.29, 0.717) is 26.2 Å². The van der Waals surface area contributed by atoms with E-state index in [-0.39, 0.29) is 25.0 Å². The first-order chi connectivity index (χ1) is 9.97. The zero-order valence-electron chi connectivity index (χ0n) is 12.3. The lowest BCUT2D eigenvalue weighted by molar-refractivity contribution is 0.0333. The van der Waals surface area contributed by atoms with E-state index < -0.39 is 10.0 Å². The van der Waals surface area contributed by atoms with Crippen LogP contribution in [0.15, 0.2) is 30.3 Å². The maximum atomic E-state index is 11.9. The number of carbonyl (C=O) groups excluding carboxylic acids is 1. The molecule has 0 aromatic heterocycles. The van der Waals surface area contributed by atoms with E-state index in [1.165, 1.54) is 15.5 Å². The van der Waals surface area contributed by atoms with Crippen LogP contribution in [0, 0.1) is 0 Å². The molecule has 22 heavy (non-hydrogen) atoms. The zero-order chi connectivity index (χ0) is 15.3. The quantitative estimate of drug-likeness (QED) is 0.816. The molecule has 124 valence electrons. The summed E-state index contributed by atoms with van der Waals surface area (Å²) in [6.45, 7) is 1.62. The van der Waals surface area contributed by atoms with E-state index in [0.717, 1.165) is 5.56 Å². The maximum Gasteiger partial charge on any atom is 0.341 e. The monoisotopic (exact) mass is 349 g/mol. The Bertz CT molecular complexity index is 574. The molecule has 1 aromatic rings. The number of nitrogens with zero attached hydrogens (tertiary/aromatic N) is 2. The van der Waals surface area contributed by atoms with Crippen LogP contribution in [0.4, 0.5) is 4.79 Å². The highest BCUT2D eigenvalue weighted by Gasteiger charge is 2.25. The highest BCUT2D eigenvalue weighted by molar-refractivity contribution is 7.88. The Morgan fingerprint density at radius 1 is 1.18 bits per heavy atom. The number of hydrogen-bond acceptors (Lipinski definition) is 4. The summed E-state index contributed by atoms with van der Waals surface area (Å²) in [7, 11) is -3.18. The van der Waals surface area contributed by atoms with Crippen LogP contribution in [0.3, 0.4) is 0 Å². The van der Waals surface area contributed by atoms with Crippen molar-refractivity contribution in [2.45, 2.75) is 6.61 Å². The van der Waals surface area contributed by atoms with Crippen molar-refractivity contribution in [1.82, 2.24) is 14.7 Å². The average molecular weight is 350 g/mol. The van der Waals surface area contributed by atoms with Crippen LogP contribution in [0.25, 0.3) is 0 Å². The molecular weight excluding hydrogens is 330 g/mol. The van der Waals surface area contributed by atoms with Crippen molar-refractivity contribution in [3.05, 3.63) is 35.9 Å². The fourth-order valence-corrected chi connectivity index (χ4v) is 2.87. The maximum absolute atomic E-state index is 11.9. The normalized spacial score (nSPS) is 16.0. The number of carbonyl (C=O) groups is 1. The van der Waals surface area contributed by atoms with Crippen LogP contribution >= 0.6 is 12.4 Å². The lowest BCUT2D eigenvalue weighted by atomic mass is 10.2. The van der Waals surface area contributed by atoms with Crippen LogP contribution in [0.2, 0.25) is 0 Å².